The molecule has 0 spiro atoms. The highest BCUT2D eigenvalue weighted by Crippen LogP contribution is 2.25. The van der Waals surface area contributed by atoms with Gasteiger partial charge in [-0.05, 0) is 43.5 Å². The molecule has 3 rings (SSSR count). The fraction of sp³-hybridized carbons (Fsp3) is 0.167. The van der Waals surface area contributed by atoms with Crippen molar-refractivity contribution in [2.24, 2.45) is 0 Å². The molecular weight excluding hydrogens is 342 g/mol. The first-order valence-electron chi connectivity index (χ1n) is 7.13. The zero-order chi connectivity index (χ0) is 15.7. The molecule has 0 unspecified atom stereocenters. The van der Waals surface area contributed by atoms with Crippen LogP contribution in [-0.2, 0) is 12.8 Å². The summed E-state index contributed by atoms with van der Waals surface area (Å²) in [4.78, 5) is 14.7. The Balaban J connectivity index is 1.87. The molecule has 3 aromatic rings. The molecule has 2 aromatic carbocycles. The number of aromatic nitrogens is 1. The number of fused-ring (bicyclic) bond motifs is 1. The number of nitrogens with one attached hydrogen (secondary N) is 1. The molecule has 0 amide bonds. The van der Waals surface area contributed by atoms with Gasteiger partial charge in [-0.15, -0.1) is 0 Å². The van der Waals surface area contributed by atoms with E-state index in [1.165, 1.54) is 11.1 Å². The molecule has 0 fully saturated rings. The van der Waals surface area contributed by atoms with E-state index < -0.39 is 5.97 Å². The maximum Gasteiger partial charge on any atom is 0.336 e. The van der Waals surface area contributed by atoms with Crippen molar-refractivity contribution in [2.75, 3.05) is 0 Å². The summed E-state index contributed by atoms with van der Waals surface area (Å²) in [6.45, 7) is 2.08. The highest BCUT2D eigenvalue weighted by atomic mass is 79.9. The van der Waals surface area contributed by atoms with Crippen LogP contribution in [0.2, 0.25) is 0 Å². The maximum absolute atomic E-state index is 11.4. The summed E-state index contributed by atoms with van der Waals surface area (Å²) >= 11 is 3.36. The molecule has 0 aliphatic carbocycles. The quantitative estimate of drug-likeness (QED) is 0.709. The molecule has 0 atom stereocenters. The smallest absolute Gasteiger partial charge is 0.336 e. The van der Waals surface area contributed by atoms with Gasteiger partial charge in [0.05, 0.1) is 5.56 Å². The van der Waals surface area contributed by atoms with Crippen molar-refractivity contribution in [2.45, 2.75) is 19.8 Å². The number of aromatic amines is 1. The largest absolute Gasteiger partial charge is 0.478 e. The average Bonchev–Trinajstić information content (AvgIpc) is 2.88. The third-order valence-electron chi connectivity index (χ3n) is 3.79. The van der Waals surface area contributed by atoms with E-state index >= 15 is 0 Å². The average molecular weight is 358 g/mol. The molecular formula is C18H16BrNO2. The Hall–Kier alpha value is -2.07. The summed E-state index contributed by atoms with van der Waals surface area (Å²) in [6.07, 6.45) is 1.78. The number of carboxylic acid groups (broad SMARTS) is 1. The summed E-state index contributed by atoms with van der Waals surface area (Å²) < 4.78 is 0.768. The van der Waals surface area contributed by atoms with E-state index in [0.29, 0.717) is 5.56 Å². The number of hydrogen-bond acceptors (Lipinski definition) is 1. The van der Waals surface area contributed by atoms with Crippen LogP contribution in [0.5, 0.6) is 0 Å². The maximum atomic E-state index is 11.4. The van der Waals surface area contributed by atoms with Gasteiger partial charge in [0.25, 0.3) is 0 Å². The van der Waals surface area contributed by atoms with Crippen molar-refractivity contribution in [1.82, 2.24) is 4.98 Å². The van der Waals surface area contributed by atoms with Gasteiger partial charge in [-0.1, -0.05) is 45.8 Å². The molecule has 0 radical (unpaired) electrons. The normalized spacial score (nSPS) is 11.0. The number of hydrogen-bond donors (Lipinski definition) is 2. The van der Waals surface area contributed by atoms with Crippen molar-refractivity contribution in [3.05, 3.63) is 69.3 Å². The highest BCUT2D eigenvalue weighted by Gasteiger charge is 2.12. The number of carbonyl (C=O) groups is 1. The van der Waals surface area contributed by atoms with E-state index in [0.717, 1.165) is 33.9 Å². The minimum absolute atomic E-state index is 0.321. The molecule has 1 heterocycles. The number of carboxylic acids is 1. The van der Waals surface area contributed by atoms with Crippen LogP contribution < -0.4 is 0 Å². The molecule has 0 saturated heterocycles. The highest BCUT2D eigenvalue weighted by molar-refractivity contribution is 9.10. The van der Waals surface area contributed by atoms with E-state index in [2.05, 4.69) is 52.1 Å². The minimum Gasteiger partial charge on any atom is -0.478 e. The van der Waals surface area contributed by atoms with Crippen LogP contribution in [0, 0.1) is 6.92 Å². The van der Waals surface area contributed by atoms with Crippen LogP contribution in [0.1, 0.15) is 27.2 Å². The van der Waals surface area contributed by atoms with Crippen LogP contribution in [0.15, 0.2) is 46.9 Å². The summed E-state index contributed by atoms with van der Waals surface area (Å²) in [6, 6.07) is 14.0. The molecule has 0 bridgehead atoms. The first-order chi connectivity index (χ1) is 10.5. The molecule has 0 saturated carbocycles. The summed E-state index contributed by atoms with van der Waals surface area (Å²) in [5.74, 6) is -0.907. The van der Waals surface area contributed by atoms with Gasteiger partial charge in [0, 0.05) is 21.1 Å². The number of aromatic carboxylic acids is 1. The number of halogens is 1. The van der Waals surface area contributed by atoms with Crippen LogP contribution in [0.25, 0.3) is 10.9 Å². The van der Waals surface area contributed by atoms with E-state index in [4.69, 9.17) is 0 Å². The Labute approximate surface area is 137 Å². The second-order valence-electron chi connectivity index (χ2n) is 5.50. The van der Waals surface area contributed by atoms with E-state index in [1.54, 1.807) is 6.07 Å². The van der Waals surface area contributed by atoms with Crippen molar-refractivity contribution < 1.29 is 9.90 Å². The zero-order valence-electron chi connectivity index (χ0n) is 12.2. The van der Waals surface area contributed by atoms with Crippen molar-refractivity contribution in [3.8, 4) is 0 Å². The predicted octanol–water partition coefficient (Wildman–Crippen LogP) is 4.72. The number of aryl methyl sites for hydroxylation is 3. The van der Waals surface area contributed by atoms with Crippen LogP contribution in [-0.4, -0.2) is 16.1 Å². The number of benzene rings is 2. The second kappa shape index (κ2) is 5.97. The van der Waals surface area contributed by atoms with Crippen molar-refractivity contribution in [1.29, 1.82) is 0 Å². The predicted molar refractivity (Wildman–Crippen MR) is 91.5 cm³/mol. The van der Waals surface area contributed by atoms with Gasteiger partial charge >= 0.3 is 5.97 Å². The SMILES string of the molecule is Cc1ccc(CCc2cc3c(C(=O)O)cc(Br)cc3[nH]2)cc1. The van der Waals surface area contributed by atoms with Gasteiger partial charge in [0.1, 0.15) is 0 Å². The van der Waals surface area contributed by atoms with Crippen LogP contribution in [0.3, 0.4) is 0 Å². The van der Waals surface area contributed by atoms with Crippen molar-refractivity contribution >= 4 is 32.8 Å². The van der Waals surface area contributed by atoms with Gasteiger partial charge in [0.2, 0.25) is 0 Å². The molecule has 1 aromatic heterocycles. The molecule has 112 valence electrons. The lowest BCUT2D eigenvalue weighted by Crippen LogP contribution is -1.96. The van der Waals surface area contributed by atoms with Gasteiger partial charge in [0.15, 0.2) is 0 Å². The topological polar surface area (TPSA) is 53.1 Å². The Morgan fingerprint density at radius 1 is 1.14 bits per heavy atom. The molecule has 0 aliphatic rings. The zero-order valence-corrected chi connectivity index (χ0v) is 13.8. The number of H-pyrrole nitrogens is 1. The first-order valence-corrected chi connectivity index (χ1v) is 7.92. The molecule has 0 aliphatic heterocycles. The van der Waals surface area contributed by atoms with Crippen LogP contribution >= 0.6 is 15.9 Å². The van der Waals surface area contributed by atoms with Gasteiger partial charge in [-0.25, -0.2) is 4.79 Å². The standard InChI is InChI=1S/C18H16BrNO2/c1-11-2-4-12(5-3-11)6-7-14-10-15-16(18(21)22)8-13(19)9-17(15)20-14/h2-5,8-10,20H,6-7H2,1H3,(H,21,22). The van der Waals surface area contributed by atoms with Gasteiger partial charge in [-0.3, -0.25) is 0 Å². The Morgan fingerprint density at radius 2 is 1.86 bits per heavy atom. The molecule has 3 nitrogen and oxygen atoms in total. The van der Waals surface area contributed by atoms with Crippen molar-refractivity contribution in [3.63, 3.8) is 0 Å². The third-order valence-corrected chi connectivity index (χ3v) is 4.25. The minimum atomic E-state index is -0.907. The van der Waals surface area contributed by atoms with E-state index in [1.807, 2.05) is 12.1 Å². The van der Waals surface area contributed by atoms with E-state index in [-0.39, 0.29) is 0 Å². The summed E-state index contributed by atoms with van der Waals surface area (Å²) in [5.41, 5.74) is 4.76. The van der Waals surface area contributed by atoms with Gasteiger partial charge in [-0.2, -0.15) is 0 Å². The molecule has 22 heavy (non-hydrogen) atoms. The van der Waals surface area contributed by atoms with Gasteiger partial charge < -0.3 is 10.1 Å². The fourth-order valence-electron chi connectivity index (χ4n) is 2.61. The van der Waals surface area contributed by atoms with E-state index in [9.17, 15) is 9.90 Å². The monoisotopic (exact) mass is 357 g/mol. The summed E-state index contributed by atoms with van der Waals surface area (Å²) in [5, 5.41) is 10.1. The lowest BCUT2D eigenvalue weighted by Gasteiger charge is -2.00. The lowest BCUT2D eigenvalue weighted by molar-refractivity contribution is 0.0699. The summed E-state index contributed by atoms with van der Waals surface area (Å²) in [7, 11) is 0. The molecule has 2 N–H and O–H groups in total. The second-order valence-corrected chi connectivity index (χ2v) is 6.42. The fourth-order valence-corrected chi connectivity index (χ4v) is 3.06. The lowest BCUT2D eigenvalue weighted by atomic mass is 10.1. The van der Waals surface area contributed by atoms with Crippen LogP contribution in [0.4, 0.5) is 0 Å². The first kappa shape index (κ1) is 14.9. The third kappa shape index (κ3) is 3.07. The Bertz CT molecular complexity index is 834. The number of rotatable bonds is 4. The Kier molecular flexibility index (Phi) is 4.03. The Morgan fingerprint density at radius 3 is 2.55 bits per heavy atom. The molecule has 4 heteroatoms.